The van der Waals surface area contributed by atoms with Crippen LogP contribution in [0.1, 0.15) is 32.1 Å². The number of nitrogens with zero attached hydrogens (tertiary/aromatic N) is 1. The Balaban J connectivity index is 2.07. The third kappa shape index (κ3) is 1.71. The van der Waals surface area contributed by atoms with E-state index in [1.807, 2.05) is 0 Å². The number of imide groups is 1. The summed E-state index contributed by atoms with van der Waals surface area (Å²) in [6.07, 6.45) is 3.12. The van der Waals surface area contributed by atoms with E-state index in [0.29, 0.717) is 18.9 Å². The zero-order valence-electron chi connectivity index (χ0n) is 10.8. The molecule has 6 heteroatoms. The molecule has 0 bridgehead atoms. The summed E-state index contributed by atoms with van der Waals surface area (Å²) in [4.78, 5) is 25.4. The standard InChI is InChI=1S/C14H14F2N2O2/c15-8-5-9(16)12(10(17)6-8)18-11(19)7-14(13(18)20)3-1-2-4-14/h5-6H,1-4,7,17H2. The Labute approximate surface area is 114 Å². The molecule has 1 saturated carbocycles. The highest BCUT2D eigenvalue weighted by Gasteiger charge is 2.53. The maximum Gasteiger partial charge on any atom is 0.240 e. The fourth-order valence-electron chi connectivity index (χ4n) is 3.29. The largest absolute Gasteiger partial charge is 0.397 e. The molecule has 2 N–H and O–H groups in total. The van der Waals surface area contributed by atoms with E-state index in [0.717, 1.165) is 23.8 Å². The number of amides is 2. The van der Waals surface area contributed by atoms with Crippen LogP contribution in [0.15, 0.2) is 12.1 Å². The quantitative estimate of drug-likeness (QED) is 0.634. The number of hydrogen-bond acceptors (Lipinski definition) is 3. The Hall–Kier alpha value is -1.98. The average molecular weight is 280 g/mol. The van der Waals surface area contributed by atoms with Gasteiger partial charge in [0.25, 0.3) is 0 Å². The molecule has 3 rings (SSSR count). The van der Waals surface area contributed by atoms with Gasteiger partial charge in [-0.1, -0.05) is 12.8 Å². The van der Waals surface area contributed by atoms with Gasteiger partial charge in [-0.2, -0.15) is 0 Å². The van der Waals surface area contributed by atoms with Crippen LogP contribution in [-0.2, 0) is 9.59 Å². The van der Waals surface area contributed by atoms with E-state index in [1.165, 1.54) is 0 Å². The molecular formula is C14H14F2N2O2. The molecule has 2 amide bonds. The summed E-state index contributed by atoms with van der Waals surface area (Å²) in [6.45, 7) is 0. The summed E-state index contributed by atoms with van der Waals surface area (Å²) in [5.74, 6) is -2.69. The Kier molecular flexibility index (Phi) is 2.77. The van der Waals surface area contributed by atoms with E-state index in [-0.39, 0.29) is 17.8 Å². The van der Waals surface area contributed by atoms with Gasteiger partial charge in [0, 0.05) is 12.5 Å². The second-order valence-corrected chi connectivity index (χ2v) is 5.52. The number of nitrogens with two attached hydrogens (primary N) is 1. The minimum Gasteiger partial charge on any atom is -0.397 e. The Morgan fingerprint density at radius 3 is 2.40 bits per heavy atom. The van der Waals surface area contributed by atoms with E-state index in [2.05, 4.69) is 0 Å². The first-order valence-corrected chi connectivity index (χ1v) is 6.56. The molecule has 0 aromatic heterocycles. The second-order valence-electron chi connectivity index (χ2n) is 5.52. The van der Waals surface area contributed by atoms with Gasteiger partial charge in [-0.25, -0.2) is 13.7 Å². The van der Waals surface area contributed by atoms with Crippen LogP contribution < -0.4 is 10.6 Å². The number of nitrogen functional groups attached to an aromatic ring is 1. The lowest BCUT2D eigenvalue weighted by molar-refractivity contribution is -0.125. The molecule has 1 aromatic carbocycles. The van der Waals surface area contributed by atoms with Crippen LogP contribution in [0.25, 0.3) is 0 Å². The minimum absolute atomic E-state index is 0.0854. The van der Waals surface area contributed by atoms with Crippen molar-refractivity contribution < 1.29 is 18.4 Å². The van der Waals surface area contributed by atoms with E-state index in [1.54, 1.807) is 0 Å². The number of hydrogen-bond donors (Lipinski definition) is 1. The molecule has 1 heterocycles. The van der Waals surface area contributed by atoms with Gasteiger partial charge < -0.3 is 5.73 Å². The molecule has 1 saturated heterocycles. The maximum atomic E-state index is 13.9. The van der Waals surface area contributed by atoms with Crippen LogP contribution in [0.5, 0.6) is 0 Å². The molecule has 1 spiro atoms. The van der Waals surface area contributed by atoms with Crippen molar-refractivity contribution in [1.82, 2.24) is 0 Å². The van der Waals surface area contributed by atoms with Crippen LogP contribution in [0.2, 0.25) is 0 Å². The lowest BCUT2D eigenvalue weighted by Gasteiger charge is -2.22. The van der Waals surface area contributed by atoms with E-state index in [4.69, 9.17) is 5.73 Å². The van der Waals surface area contributed by atoms with Crippen LogP contribution in [0.3, 0.4) is 0 Å². The highest BCUT2D eigenvalue weighted by Crippen LogP contribution is 2.49. The Bertz CT molecular complexity index is 586. The van der Waals surface area contributed by atoms with Gasteiger partial charge in [0.2, 0.25) is 11.8 Å². The van der Waals surface area contributed by atoms with Crippen LogP contribution in [0, 0.1) is 17.0 Å². The highest BCUT2D eigenvalue weighted by molar-refractivity contribution is 6.23. The average Bonchev–Trinajstić information content (AvgIpc) is 2.89. The molecule has 1 aliphatic carbocycles. The first-order valence-electron chi connectivity index (χ1n) is 6.56. The van der Waals surface area contributed by atoms with Crippen LogP contribution in [0.4, 0.5) is 20.2 Å². The SMILES string of the molecule is Nc1cc(F)cc(F)c1N1C(=O)CC2(CCCC2)C1=O. The van der Waals surface area contributed by atoms with Crippen molar-refractivity contribution >= 4 is 23.2 Å². The Morgan fingerprint density at radius 1 is 1.15 bits per heavy atom. The van der Waals surface area contributed by atoms with Gasteiger partial charge in [-0.15, -0.1) is 0 Å². The monoisotopic (exact) mass is 280 g/mol. The van der Waals surface area contributed by atoms with Gasteiger partial charge in [-0.05, 0) is 18.9 Å². The van der Waals surface area contributed by atoms with E-state index < -0.39 is 28.9 Å². The zero-order chi connectivity index (χ0) is 14.5. The summed E-state index contributed by atoms with van der Waals surface area (Å²) in [6, 6.07) is 1.55. The molecule has 2 fully saturated rings. The van der Waals surface area contributed by atoms with Gasteiger partial charge >= 0.3 is 0 Å². The van der Waals surface area contributed by atoms with Crippen LogP contribution >= 0.6 is 0 Å². The fourth-order valence-corrected chi connectivity index (χ4v) is 3.29. The fraction of sp³-hybridized carbons (Fsp3) is 0.429. The van der Waals surface area contributed by atoms with E-state index in [9.17, 15) is 18.4 Å². The molecular weight excluding hydrogens is 266 g/mol. The third-order valence-corrected chi connectivity index (χ3v) is 4.24. The summed E-state index contributed by atoms with van der Waals surface area (Å²) in [7, 11) is 0. The zero-order valence-corrected chi connectivity index (χ0v) is 10.8. The number of halogens is 2. The van der Waals surface area contributed by atoms with Crippen molar-refractivity contribution in [2.45, 2.75) is 32.1 Å². The predicted octanol–water partition coefficient (Wildman–Crippen LogP) is 2.37. The molecule has 0 atom stereocenters. The van der Waals surface area contributed by atoms with E-state index >= 15 is 0 Å². The van der Waals surface area contributed by atoms with Crippen molar-refractivity contribution in [1.29, 1.82) is 0 Å². The summed E-state index contributed by atoms with van der Waals surface area (Å²) in [5.41, 5.74) is 4.33. The third-order valence-electron chi connectivity index (χ3n) is 4.24. The molecule has 1 aromatic rings. The van der Waals surface area contributed by atoms with Gasteiger partial charge in [0.1, 0.15) is 11.5 Å². The molecule has 4 nitrogen and oxygen atoms in total. The van der Waals surface area contributed by atoms with Gasteiger partial charge in [0.05, 0.1) is 11.1 Å². The van der Waals surface area contributed by atoms with Gasteiger partial charge in [0.15, 0.2) is 5.82 Å². The summed E-state index contributed by atoms with van der Waals surface area (Å²) < 4.78 is 27.0. The second kappa shape index (κ2) is 4.26. The first-order chi connectivity index (χ1) is 9.44. The topological polar surface area (TPSA) is 63.4 Å². The first kappa shape index (κ1) is 13.0. The number of carbonyl (C=O) groups is 2. The molecule has 0 unspecified atom stereocenters. The normalized spacial score (nSPS) is 21.2. The molecule has 106 valence electrons. The maximum absolute atomic E-state index is 13.9. The number of rotatable bonds is 1. The number of benzene rings is 1. The number of carbonyl (C=O) groups excluding carboxylic acids is 2. The van der Waals surface area contributed by atoms with Crippen LogP contribution in [-0.4, -0.2) is 11.8 Å². The molecule has 1 aliphatic heterocycles. The van der Waals surface area contributed by atoms with Crippen molar-refractivity contribution in [3.05, 3.63) is 23.8 Å². The number of anilines is 2. The molecule has 2 aliphatic rings. The summed E-state index contributed by atoms with van der Waals surface area (Å²) >= 11 is 0. The molecule has 20 heavy (non-hydrogen) atoms. The summed E-state index contributed by atoms with van der Waals surface area (Å²) in [5, 5.41) is 0. The van der Waals surface area contributed by atoms with Gasteiger partial charge in [-0.3, -0.25) is 9.59 Å². The van der Waals surface area contributed by atoms with Crippen molar-refractivity contribution in [2.24, 2.45) is 5.41 Å². The highest BCUT2D eigenvalue weighted by atomic mass is 19.1. The van der Waals surface area contributed by atoms with Crippen molar-refractivity contribution in [3.63, 3.8) is 0 Å². The Morgan fingerprint density at radius 2 is 1.80 bits per heavy atom. The van der Waals surface area contributed by atoms with Crippen molar-refractivity contribution in [2.75, 3.05) is 10.6 Å². The smallest absolute Gasteiger partial charge is 0.240 e. The minimum atomic E-state index is -0.987. The molecule has 0 radical (unpaired) electrons. The predicted molar refractivity (Wildman–Crippen MR) is 68.8 cm³/mol. The van der Waals surface area contributed by atoms with Crippen molar-refractivity contribution in [3.8, 4) is 0 Å². The lowest BCUT2D eigenvalue weighted by atomic mass is 9.84. The lowest BCUT2D eigenvalue weighted by Crippen LogP contribution is -2.35.